The van der Waals surface area contributed by atoms with Gasteiger partial charge in [0, 0.05) is 6.54 Å². The molecule has 2 heterocycles. The Bertz CT molecular complexity index is 893. The quantitative estimate of drug-likeness (QED) is 0.872. The van der Waals surface area contributed by atoms with Gasteiger partial charge in [0.1, 0.15) is 11.4 Å². The maximum atomic E-state index is 13.2. The van der Waals surface area contributed by atoms with Crippen LogP contribution in [0.5, 0.6) is 5.75 Å². The first-order chi connectivity index (χ1) is 13.5. The number of rotatable bonds is 2. The summed E-state index contributed by atoms with van der Waals surface area (Å²) < 4.78 is 6.36. The molecule has 2 aliphatic rings. The highest BCUT2D eigenvalue weighted by Gasteiger charge is 2.42. The van der Waals surface area contributed by atoms with Gasteiger partial charge in [0.2, 0.25) is 5.91 Å². The number of likely N-dealkylation sites (tertiary alicyclic amines) is 1. The Balaban J connectivity index is 1.55. The van der Waals surface area contributed by atoms with Gasteiger partial charge in [0.25, 0.3) is 5.91 Å². The average Bonchev–Trinajstić information content (AvgIpc) is 2.84. The molecule has 1 saturated heterocycles. The monoisotopic (exact) mass is 378 g/mol. The summed E-state index contributed by atoms with van der Waals surface area (Å²) in [4.78, 5) is 27.5. The number of carbonyl (C=O) groups is 2. The summed E-state index contributed by atoms with van der Waals surface area (Å²) in [6.45, 7) is 5.61. The first kappa shape index (κ1) is 18.5. The lowest BCUT2D eigenvalue weighted by molar-refractivity contribution is -0.138. The Kier molecular flexibility index (Phi) is 4.84. The van der Waals surface area contributed by atoms with Gasteiger partial charge in [-0.1, -0.05) is 42.0 Å². The summed E-state index contributed by atoms with van der Waals surface area (Å²) in [5.41, 5.74) is 2.18. The number of hydrogen-bond acceptors (Lipinski definition) is 3. The molecule has 2 aromatic rings. The third-order valence-corrected chi connectivity index (χ3v) is 5.83. The highest BCUT2D eigenvalue weighted by Crippen LogP contribution is 2.33. The van der Waals surface area contributed by atoms with Crippen LogP contribution in [0.25, 0.3) is 0 Å². The molecule has 0 bridgehead atoms. The van der Waals surface area contributed by atoms with Crippen LogP contribution in [0.1, 0.15) is 47.2 Å². The van der Waals surface area contributed by atoms with Crippen molar-refractivity contribution in [1.29, 1.82) is 0 Å². The van der Waals surface area contributed by atoms with E-state index >= 15 is 0 Å². The van der Waals surface area contributed by atoms with Crippen molar-refractivity contribution in [2.24, 2.45) is 0 Å². The summed E-state index contributed by atoms with van der Waals surface area (Å²) in [5.74, 6) is 0.376. The smallest absolute Gasteiger partial charge is 0.255 e. The fourth-order valence-corrected chi connectivity index (χ4v) is 4.13. The van der Waals surface area contributed by atoms with Gasteiger partial charge < -0.3 is 15.0 Å². The van der Waals surface area contributed by atoms with Gasteiger partial charge in [-0.3, -0.25) is 9.59 Å². The molecule has 2 amide bonds. The minimum Gasteiger partial charge on any atom is -0.483 e. The molecule has 2 aromatic carbocycles. The van der Waals surface area contributed by atoms with Gasteiger partial charge in [-0.25, -0.2) is 0 Å². The molecule has 1 spiro atoms. The minimum atomic E-state index is -0.580. The lowest BCUT2D eigenvalue weighted by atomic mass is 9.90. The number of benzene rings is 2. The van der Waals surface area contributed by atoms with E-state index in [1.807, 2.05) is 61.2 Å². The Hall–Kier alpha value is -2.82. The Morgan fingerprint density at radius 1 is 1.18 bits per heavy atom. The number of aryl methyl sites for hydroxylation is 1. The first-order valence-electron chi connectivity index (χ1n) is 9.89. The molecule has 1 fully saturated rings. The van der Waals surface area contributed by atoms with Crippen molar-refractivity contribution in [3.8, 4) is 5.75 Å². The van der Waals surface area contributed by atoms with E-state index < -0.39 is 5.60 Å². The highest BCUT2D eigenvalue weighted by molar-refractivity contribution is 5.97. The summed E-state index contributed by atoms with van der Waals surface area (Å²) in [6, 6.07) is 15.4. The van der Waals surface area contributed by atoms with Crippen molar-refractivity contribution in [1.82, 2.24) is 10.2 Å². The fraction of sp³-hybridized carbons (Fsp3) is 0.391. The zero-order chi connectivity index (χ0) is 19.7. The van der Waals surface area contributed by atoms with Crippen molar-refractivity contribution in [3.05, 3.63) is 65.2 Å². The maximum Gasteiger partial charge on any atom is 0.255 e. The number of nitrogens with zero attached hydrogens (tertiary/aromatic N) is 1. The SMILES string of the molecule is Cc1ccc([C@H](C)C(=O)N2CCC[C@]3(CNC(=O)c4ccccc4O3)C2)cc1. The third kappa shape index (κ3) is 3.49. The van der Waals surface area contributed by atoms with E-state index in [0.717, 1.165) is 24.9 Å². The number of amides is 2. The molecular weight excluding hydrogens is 352 g/mol. The van der Waals surface area contributed by atoms with Crippen molar-refractivity contribution in [3.63, 3.8) is 0 Å². The normalized spacial score (nSPS) is 22.6. The van der Waals surface area contributed by atoms with Crippen molar-refractivity contribution in [2.45, 2.75) is 38.2 Å². The average molecular weight is 378 g/mol. The molecule has 146 valence electrons. The molecule has 28 heavy (non-hydrogen) atoms. The summed E-state index contributed by atoms with van der Waals surface area (Å²) >= 11 is 0. The zero-order valence-electron chi connectivity index (χ0n) is 16.4. The van der Waals surface area contributed by atoms with Gasteiger partial charge in [0.05, 0.1) is 24.6 Å². The molecule has 0 aliphatic carbocycles. The second kappa shape index (κ2) is 7.30. The maximum absolute atomic E-state index is 13.2. The van der Waals surface area contributed by atoms with Crippen molar-refractivity contribution < 1.29 is 14.3 Å². The van der Waals surface area contributed by atoms with Crippen LogP contribution >= 0.6 is 0 Å². The Labute approximate surface area is 165 Å². The summed E-state index contributed by atoms with van der Waals surface area (Å²) in [7, 11) is 0. The van der Waals surface area contributed by atoms with Gasteiger partial charge in [0.15, 0.2) is 0 Å². The molecule has 0 aromatic heterocycles. The second-order valence-corrected chi connectivity index (χ2v) is 7.96. The van der Waals surface area contributed by atoms with E-state index in [-0.39, 0.29) is 17.7 Å². The fourth-order valence-electron chi connectivity index (χ4n) is 4.13. The van der Waals surface area contributed by atoms with Crippen LogP contribution in [0, 0.1) is 6.92 Å². The van der Waals surface area contributed by atoms with Crippen LogP contribution in [0.15, 0.2) is 48.5 Å². The van der Waals surface area contributed by atoms with E-state index in [0.29, 0.717) is 24.4 Å². The molecule has 2 atom stereocenters. The van der Waals surface area contributed by atoms with E-state index in [9.17, 15) is 9.59 Å². The van der Waals surface area contributed by atoms with Crippen LogP contribution in [0.4, 0.5) is 0 Å². The first-order valence-corrected chi connectivity index (χ1v) is 9.89. The molecule has 5 heteroatoms. The standard InChI is InChI=1S/C23H26N2O3/c1-16-8-10-18(11-9-16)17(2)22(27)25-13-5-12-23(15-25)14-24-21(26)19-6-3-4-7-20(19)28-23/h3-4,6-11,17H,5,12-15H2,1-2H3,(H,24,26)/t17-,23-/m0/s1. The molecule has 4 rings (SSSR count). The second-order valence-electron chi connectivity index (χ2n) is 7.96. The van der Waals surface area contributed by atoms with Crippen LogP contribution in [-0.4, -0.2) is 41.9 Å². The molecule has 5 nitrogen and oxygen atoms in total. The lowest BCUT2D eigenvalue weighted by Gasteiger charge is -2.42. The Morgan fingerprint density at radius 2 is 1.93 bits per heavy atom. The Morgan fingerprint density at radius 3 is 2.71 bits per heavy atom. The molecule has 0 unspecified atom stereocenters. The van der Waals surface area contributed by atoms with E-state index in [4.69, 9.17) is 4.74 Å². The van der Waals surface area contributed by atoms with Crippen LogP contribution in [-0.2, 0) is 4.79 Å². The van der Waals surface area contributed by atoms with Crippen LogP contribution < -0.4 is 10.1 Å². The highest BCUT2D eigenvalue weighted by atomic mass is 16.5. The van der Waals surface area contributed by atoms with E-state index in [1.54, 1.807) is 6.07 Å². The lowest BCUT2D eigenvalue weighted by Crippen LogP contribution is -2.58. The summed E-state index contributed by atoms with van der Waals surface area (Å²) in [6.07, 6.45) is 1.66. The predicted octanol–water partition coefficient (Wildman–Crippen LogP) is 3.28. The largest absolute Gasteiger partial charge is 0.483 e. The van der Waals surface area contributed by atoms with E-state index in [2.05, 4.69) is 5.32 Å². The van der Waals surface area contributed by atoms with Gasteiger partial charge in [-0.15, -0.1) is 0 Å². The number of fused-ring (bicyclic) bond motifs is 1. The zero-order valence-corrected chi connectivity index (χ0v) is 16.4. The molecule has 1 N–H and O–H groups in total. The number of hydrogen-bond donors (Lipinski definition) is 1. The molecule has 0 saturated carbocycles. The van der Waals surface area contributed by atoms with Gasteiger partial charge in [-0.05, 0) is 44.4 Å². The van der Waals surface area contributed by atoms with Crippen molar-refractivity contribution in [2.75, 3.05) is 19.6 Å². The number of para-hydroxylation sites is 1. The minimum absolute atomic E-state index is 0.107. The van der Waals surface area contributed by atoms with Crippen LogP contribution in [0.2, 0.25) is 0 Å². The van der Waals surface area contributed by atoms with Gasteiger partial charge in [-0.2, -0.15) is 0 Å². The van der Waals surface area contributed by atoms with E-state index in [1.165, 1.54) is 5.56 Å². The third-order valence-electron chi connectivity index (χ3n) is 5.83. The van der Waals surface area contributed by atoms with Gasteiger partial charge >= 0.3 is 0 Å². The number of nitrogens with one attached hydrogen (secondary N) is 1. The summed E-state index contributed by atoms with van der Waals surface area (Å²) in [5, 5.41) is 2.99. The molecular formula is C23H26N2O3. The topological polar surface area (TPSA) is 58.6 Å². The molecule has 0 radical (unpaired) electrons. The number of carbonyl (C=O) groups excluding carboxylic acids is 2. The molecule has 2 aliphatic heterocycles. The van der Waals surface area contributed by atoms with Crippen molar-refractivity contribution >= 4 is 11.8 Å². The van der Waals surface area contributed by atoms with Crippen LogP contribution in [0.3, 0.4) is 0 Å². The number of ether oxygens (including phenoxy) is 1. The number of piperidine rings is 1. The predicted molar refractivity (Wildman–Crippen MR) is 108 cm³/mol.